The fourth-order valence-corrected chi connectivity index (χ4v) is 2.66. The maximum Gasteiger partial charge on any atom is 0.274 e. The maximum atomic E-state index is 10.5. The van der Waals surface area contributed by atoms with E-state index in [4.69, 9.17) is 4.55 Å². The first kappa shape index (κ1) is 12.0. The van der Waals surface area contributed by atoms with Crippen molar-refractivity contribution in [1.29, 1.82) is 0 Å². The third-order valence-corrected chi connectivity index (χ3v) is 4.64. The molecule has 0 saturated carbocycles. The van der Waals surface area contributed by atoms with Crippen LogP contribution < -0.4 is 0 Å². The van der Waals surface area contributed by atoms with Crippen LogP contribution in [0.15, 0.2) is 27.6 Å². The quantitative estimate of drug-likeness (QED) is 0.688. The fraction of sp³-hybridized carbons (Fsp3) is 0.250. The van der Waals surface area contributed by atoms with E-state index in [9.17, 15) is 8.42 Å². The molecular formula is C8H9BrO3S2. The molecule has 0 saturated heterocycles. The van der Waals surface area contributed by atoms with Crippen molar-refractivity contribution in [3.05, 3.63) is 28.2 Å². The summed E-state index contributed by atoms with van der Waals surface area (Å²) >= 11 is 4.43. The van der Waals surface area contributed by atoms with E-state index in [1.54, 1.807) is 6.07 Å². The van der Waals surface area contributed by atoms with Gasteiger partial charge in [0.25, 0.3) is 10.1 Å². The lowest BCUT2D eigenvalue weighted by molar-refractivity contribution is 0.489. The Morgan fingerprint density at radius 3 is 2.64 bits per heavy atom. The first-order valence-electron chi connectivity index (χ1n) is 3.72. The summed E-state index contributed by atoms with van der Waals surface area (Å²) in [6.07, 6.45) is 0. The van der Waals surface area contributed by atoms with Crippen molar-refractivity contribution in [1.82, 2.24) is 0 Å². The van der Waals surface area contributed by atoms with Crippen molar-refractivity contribution < 1.29 is 13.0 Å². The highest BCUT2D eigenvalue weighted by atomic mass is 79.9. The molecule has 1 N–H and O–H groups in total. The van der Waals surface area contributed by atoms with Crippen molar-refractivity contribution >= 4 is 37.8 Å². The topological polar surface area (TPSA) is 54.4 Å². The van der Waals surface area contributed by atoms with Gasteiger partial charge < -0.3 is 0 Å². The third kappa shape index (κ3) is 4.00. The van der Waals surface area contributed by atoms with Crippen LogP contribution >= 0.6 is 27.7 Å². The van der Waals surface area contributed by atoms with Crippen LogP contribution in [0.1, 0.15) is 5.56 Å². The van der Waals surface area contributed by atoms with Crippen LogP contribution in [0.3, 0.4) is 0 Å². The standard InChI is InChI=1S/C8H9BrO3S2/c1-6-4-7(2-3-8(6)9)13-5-14(10,11)12/h2-4H,5H2,1H3,(H,10,11,12). The van der Waals surface area contributed by atoms with Gasteiger partial charge in [0.15, 0.2) is 0 Å². The van der Waals surface area contributed by atoms with Crippen LogP contribution in [0.5, 0.6) is 0 Å². The van der Waals surface area contributed by atoms with Gasteiger partial charge >= 0.3 is 0 Å². The Hall–Kier alpha value is -0.0400. The molecule has 14 heavy (non-hydrogen) atoms. The Morgan fingerprint density at radius 2 is 2.14 bits per heavy atom. The first-order chi connectivity index (χ1) is 6.38. The molecule has 0 aliphatic rings. The van der Waals surface area contributed by atoms with E-state index < -0.39 is 10.1 Å². The highest BCUT2D eigenvalue weighted by molar-refractivity contribution is 9.10. The molecule has 3 nitrogen and oxygen atoms in total. The molecule has 0 atom stereocenters. The number of aryl methyl sites for hydroxylation is 1. The average molecular weight is 297 g/mol. The predicted molar refractivity (Wildman–Crippen MR) is 61.2 cm³/mol. The van der Waals surface area contributed by atoms with E-state index in [0.717, 1.165) is 26.7 Å². The van der Waals surface area contributed by atoms with Gasteiger partial charge in [-0.05, 0) is 30.7 Å². The molecule has 0 unspecified atom stereocenters. The molecule has 0 heterocycles. The van der Waals surface area contributed by atoms with Gasteiger partial charge in [0.05, 0.1) is 0 Å². The second-order valence-corrected chi connectivity index (χ2v) is 6.48. The Bertz CT molecular complexity index is 428. The molecule has 0 aliphatic carbocycles. The first-order valence-corrected chi connectivity index (χ1v) is 7.11. The predicted octanol–water partition coefficient (Wildman–Crippen LogP) is 2.69. The molecule has 0 aliphatic heterocycles. The van der Waals surface area contributed by atoms with Gasteiger partial charge in [-0.3, -0.25) is 4.55 Å². The molecular weight excluding hydrogens is 288 g/mol. The highest BCUT2D eigenvalue weighted by Crippen LogP contribution is 2.24. The summed E-state index contributed by atoms with van der Waals surface area (Å²) in [5, 5.41) is -0.311. The van der Waals surface area contributed by atoms with E-state index in [-0.39, 0.29) is 5.08 Å². The lowest BCUT2D eigenvalue weighted by Crippen LogP contribution is -1.99. The molecule has 1 aromatic carbocycles. The van der Waals surface area contributed by atoms with E-state index in [0.29, 0.717) is 0 Å². The van der Waals surface area contributed by atoms with Gasteiger partial charge in [-0.15, -0.1) is 11.8 Å². The van der Waals surface area contributed by atoms with Crippen molar-refractivity contribution in [3.8, 4) is 0 Å². The summed E-state index contributed by atoms with van der Waals surface area (Å²) in [5.74, 6) is 0. The summed E-state index contributed by atoms with van der Waals surface area (Å²) in [7, 11) is -3.89. The van der Waals surface area contributed by atoms with Crippen LogP contribution in [-0.2, 0) is 10.1 Å². The Kier molecular flexibility index (Phi) is 4.00. The summed E-state index contributed by atoms with van der Waals surface area (Å²) in [6.45, 7) is 1.92. The molecule has 0 aromatic heterocycles. The average Bonchev–Trinajstić information content (AvgIpc) is 2.06. The molecule has 0 fully saturated rings. The van der Waals surface area contributed by atoms with E-state index in [1.807, 2.05) is 19.1 Å². The number of hydrogen-bond acceptors (Lipinski definition) is 3. The Balaban J connectivity index is 2.74. The van der Waals surface area contributed by atoms with Gasteiger partial charge in [-0.2, -0.15) is 8.42 Å². The molecule has 6 heteroatoms. The zero-order valence-corrected chi connectivity index (χ0v) is 10.6. The monoisotopic (exact) mass is 296 g/mol. The van der Waals surface area contributed by atoms with Gasteiger partial charge in [0, 0.05) is 9.37 Å². The summed E-state index contributed by atoms with van der Waals surface area (Å²) in [4.78, 5) is 0.823. The molecule has 0 amide bonds. The minimum atomic E-state index is -3.89. The smallest absolute Gasteiger partial charge is 0.274 e. The van der Waals surface area contributed by atoms with Crippen molar-refractivity contribution in [2.45, 2.75) is 11.8 Å². The van der Waals surface area contributed by atoms with Crippen molar-refractivity contribution in [2.75, 3.05) is 5.08 Å². The molecule has 0 bridgehead atoms. The summed E-state index contributed by atoms with van der Waals surface area (Å²) in [5.41, 5.74) is 1.03. The van der Waals surface area contributed by atoms with Gasteiger partial charge in [0.2, 0.25) is 0 Å². The number of rotatable bonds is 3. The van der Waals surface area contributed by atoms with Gasteiger partial charge in [-0.1, -0.05) is 15.9 Å². The highest BCUT2D eigenvalue weighted by Gasteiger charge is 2.06. The SMILES string of the molecule is Cc1cc(SCS(=O)(=O)O)ccc1Br. The largest absolute Gasteiger partial charge is 0.285 e. The fourth-order valence-electron chi connectivity index (χ4n) is 0.849. The maximum absolute atomic E-state index is 10.5. The lowest BCUT2D eigenvalue weighted by atomic mass is 10.2. The Morgan fingerprint density at radius 1 is 1.50 bits per heavy atom. The molecule has 1 aromatic rings. The normalized spacial score (nSPS) is 11.6. The number of halogens is 1. The van der Waals surface area contributed by atoms with Crippen LogP contribution in [0, 0.1) is 6.92 Å². The third-order valence-electron chi connectivity index (χ3n) is 1.50. The molecule has 0 spiro atoms. The minimum absolute atomic E-state index is 0.311. The van der Waals surface area contributed by atoms with Crippen molar-refractivity contribution in [2.24, 2.45) is 0 Å². The van der Waals surface area contributed by atoms with Gasteiger partial charge in [0.1, 0.15) is 5.08 Å². The van der Waals surface area contributed by atoms with Gasteiger partial charge in [-0.25, -0.2) is 0 Å². The number of benzene rings is 1. The van der Waals surface area contributed by atoms with E-state index >= 15 is 0 Å². The number of hydrogen-bond donors (Lipinski definition) is 1. The minimum Gasteiger partial charge on any atom is -0.285 e. The molecule has 0 radical (unpaired) electrons. The van der Waals surface area contributed by atoms with E-state index in [2.05, 4.69) is 15.9 Å². The van der Waals surface area contributed by atoms with Crippen LogP contribution in [0.4, 0.5) is 0 Å². The zero-order valence-electron chi connectivity index (χ0n) is 7.40. The second kappa shape index (κ2) is 4.65. The summed E-state index contributed by atoms with van der Waals surface area (Å²) < 4.78 is 30.5. The lowest BCUT2D eigenvalue weighted by Gasteiger charge is -2.02. The van der Waals surface area contributed by atoms with Crippen molar-refractivity contribution in [3.63, 3.8) is 0 Å². The van der Waals surface area contributed by atoms with E-state index in [1.165, 1.54) is 0 Å². The van der Waals surface area contributed by atoms with Crippen LogP contribution in [0.2, 0.25) is 0 Å². The second-order valence-electron chi connectivity index (χ2n) is 2.76. The summed E-state index contributed by atoms with van der Waals surface area (Å²) in [6, 6.07) is 5.51. The van der Waals surface area contributed by atoms with Crippen LogP contribution in [-0.4, -0.2) is 18.1 Å². The molecule has 1 rings (SSSR count). The van der Waals surface area contributed by atoms with Crippen LogP contribution in [0.25, 0.3) is 0 Å². The zero-order chi connectivity index (χ0) is 10.8. The Labute approximate surface area is 95.8 Å². The number of thioether (sulfide) groups is 1. The molecule has 78 valence electrons.